The Labute approximate surface area is 207 Å². The molecule has 2 bridgehead atoms. The summed E-state index contributed by atoms with van der Waals surface area (Å²) in [6.45, 7) is 8.58. The number of ketones is 1. The van der Waals surface area contributed by atoms with Gasteiger partial charge < -0.3 is 30.3 Å². The molecular weight excluding hydrogens is 591 g/mol. The van der Waals surface area contributed by atoms with Crippen LogP contribution in [0.5, 0.6) is 0 Å². The number of carbonyl (C=O) groups excluding carboxylic acids is 1. The molecule has 5 N–H and O–H groups in total. The van der Waals surface area contributed by atoms with Crippen molar-refractivity contribution in [3.63, 3.8) is 0 Å². The van der Waals surface area contributed by atoms with Gasteiger partial charge in [-0.2, -0.15) is 0 Å². The van der Waals surface area contributed by atoms with Crippen LogP contribution in [-0.2, 0) is 9.53 Å². The molecule has 0 aromatic carbocycles. The number of Topliss-reactive ketones (excluding diaryl/α,β-unsaturated/α-hetero) is 1. The van der Waals surface area contributed by atoms with E-state index in [0.29, 0.717) is 11.1 Å². The van der Waals surface area contributed by atoms with Crippen LogP contribution in [-0.4, -0.2) is 73.5 Å². The van der Waals surface area contributed by atoms with Crippen molar-refractivity contribution < 1.29 is 79.1 Å². The third-order valence-electron chi connectivity index (χ3n) is 8.88. The standard InChI is InChI=1S/C21H32O7.Ac/c1-9-11(22)7-21(27)10(2)16-19(5,12(23)6-13-20(16,26)8-28-13)17(25)15(24)14(9)18(21,3)4;/h10-13,15-16,22-24,26-27H,6-8H2,1-5H3;/t10?,11?,12?,13?,15?,16?,19-,20?,21?;/m1./s1. The molecule has 1 heterocycles. The van der Waals surface area contributed by atoms with Gasteiger partial charge in [0.1, 0.15) is 11.7 Å². The fourth-order valence-corrected chi connectivity index (χ4v) is 7.00. The SMILES string of the molecule is CC1=C2C(O)C(=O)[C@]3(C)C(O)CC4OCC4(O)C3C(C)C(O)(CC1O)C2(C)C.[Ac]. The van der Waals surface area contributed by atoms with Crippen LogP contribution in [0.4, 0.5) is 0 Å². The molecule has 161 valence electrons. The van der Waals surface area contributed by atoms with Gasteiger partial charge in [0.05, 0.1) is 35.9 Å². The number of rotatable bonds is 0. The number of ether oxygens (including phenoxy) is 1. The molecule has 1 saturated heterocycles. The molecule has 29 heavy (non-hydrogen) atoms. The Hall–Kier alpha value is 0.612. The minimum Gasteiger partial charge on any atom is -0.392 e. The van der Waals surface area contributed by atoms with Gasteiger partial charge in [-0.15, -0.1) is 0 Å². The number of fused-ring (bicyclic) bond motifs is 5. The Morgan fingerprint density at radius 1 is 1.10 bits per heavy atom. The summed E-state index contributed by atoms with van der Waals surface area (Å²) in [6.07, 6.45) is -4.20. The molecule has 1 aliphatic heterocycles. The van der Waals surface area contributed by atoms with Crippen molar-refractivity contribution in [3.8, 4) is 0 Å². The number of aliphatic hydroxyl groups excluding tert-OH is 3. The quantitative estimate of drug-likeness (QED) is 0.239. The van der Waals surface area contributed by atoms with Crippen LogP contribution in [0.1, 0.15) is 47.5 Å². The Morgan fingerprint density at radius 2 is 1.69 bits per heavy atom. The molecule has 3 aliphatic carbocycles. The van der Waals surface area contributed by atoms with Gasteiger partial charge in [0.25, 0.3) is 0 Å². The zero-order valence-corrected chi connectivity index (χ0v) is 22.5. The second-order valence-electron chi connectivity index (χ2n) is 10.2. The van der Waals surface area contributed by atoms with E-state index in [0.717, 1.165) is 0 Å². The van der Waals surface area contributed by atoms with Crippen LogP contribution in [0, 0.1) is 66.7 Å². The van der Waals surface area contributed by atoms with Crippen LogP contribution >= 0.6 is 0 Å². The predicted octanol–water partition coefficient (Wildman–Crippen LogP) is -0.0785. The minimum atomic E-state index is -1.58. The third kappa shape index (κ3) is 2.70. The average molecular weight is 623 g/mol. The van der Waals surface area contributed by atoms with Crippen molar-refractivity contribution in [2.75, 3.05) is 6.61 Å². The van der Waals surface area contributed by atoms with Gasteiger partial charge >= 0.3 is 0 Å². The molecule has 0 aromatic rings. The van der Waals surface area contributed by atoms with E-state index in [9.17, 15) is 30.3 Å². The molecule has 1 radical (unpaired) electrons. The fraction of sp³-hybridized carbons (Fsp3) is 0.857. The summed E-state index contributed by atoms with van der Waals surface area (Å²) in [5, 5.41) is 56.1. The molecule has 0 amide bonds. The molecule has 7 nitrogen and oxygen atoms in total. The van der Waals surface area contributed by atoms with E-state index in [4.69, 9.17) is 4.74 Å². The molecule has 0 aromatic heterocycles. The topological polar surface area (TPSA) is 127 Å². The van der Waals surface area contributed by atoms with Crippen molar-refractivity contribution in [2.45, 2.75) is 83.1 Å². The van der Waals surface area contributed by atoms with E-state index in [2.05, 4.69) is 0 Å². The maximum absolute atomic E-state index is 13.6. The average Bonchev–Trinajstić information content (AvgIpc) is 2.60. The first-order chi connectivity index (χ1) is 12.7. The molecular formula is C21H32AcO7. The maximum atomic E-state index is 13.6. The van der Waals surface area contributed by atoms with Crippen LogP contribution in [0.15, 0.2) is 11.1 Å². The largest absolute Gasteiger partial charge is 0.392 e. The van der Waals surface area contributed by atoms with Crippen molar-refractivity contribution >= 4 is 5.78 Å². The Morgan fingerprint density at radius 3 is 2.21 bits per heavy atom. The molecule has 8 heteroatoms. The zero-order valence-electron chi connectivity index (χ0n) is 17.7. The summed E-state index contributed by atoms with van der Waals surface area (Å²) in [4.78, 5) is 13.6. The molecule has 3 fully saturated rings. The van der Waals surface area contributed by atoms with E-state index in [-0.39, 0.29) is 63.5 Å². The predicted molar refractivity (Wildman–Crippen MR) is 99.1 cm³/mol. The van der Waals surface area contributed by atoms with Crippen LogP contribution in [0.3, 0.4) is 0 Å². The van der Waals surface area contributed by atoms with Crippen molar-refractivity contribution in [1.82, 2.24) is 0 Å². The summed E-state index contributed by atoms with van der Waals surface area (Å²) in [7, 11) is 0. The van der Waals surface area contributed by atoms with Crippen molar-refractivity contribution in [2.24, 2.45) is 22.7 Å². The first-order valence-electron chi connectivity index (χ1n) is 10.1. The Bertz CT molecular complexity index is 766. The van der Waals surface area contributed by atoms with Crippen molar-refractivity contribution in [1.29, 1.82) is 0 Å². The monoisotopic (exact) mass is 623 g/mol. The number of aliphatic hydroxyl groups is 5. The van der Waals surface area contributed by atoms with Crippen LogP contribution in [0.25, 0.3) is 0 Å². The van der Waals surface area contributed by atoms with E-state index < -0.39 is 64.1 Å². The minimum absolute atomic E-state index is 0. The van der Waals surface area contributed by atoms with Gasteiger partial charge in [-0.25, -0.2) is 0 Å². The normalized spacial score (nSPS) is 53.7. The Kier molecular flexibility index (Phi) is 5.90. The molecule has 9 atom stereocenters. The molecule has 0 spiro atoms. The second kappa shape index (κ2) is 7.05. The zero-order chi connectivity index (χ0) is 21.0. The third-order valence-corrected chi connectivity index (χ3v) is 8.88. The molecule has 8 unspecified atom stereocenters. The molecule has 4 rings (SSSR count). The summed E-state index contributed by atoms with van der Waals surface area (Å²) in [5.41, 5.74) is -4.54. The smallest absolute Gasteiger partial charge is 0.174 e. The van der Waals surface area contributed by atoms with Gasteiger partial charge in [-0.3, -0.25) is 4.79 Å². The number of hydrogen-bond acceptors (Lipinski definition) is 7. The summed E-state index contributed by atoms with van der Waals surface area (Å²) >= 11 is 0. The maximum Gasteiger partial charge on any atom is 0.174 e. The van der Waals surface area contributed by atoms with Crippen LogP contribution in [0.2, 0.25) is 0 Å². The van der Waals surface area contributed by atoms with E-state index in [1.807, 2.05) is 0 Å². The fourth-order valence-electron chi connectivity index (χ4n) is 7.00. The van der Waals surface area contributed by atoms with Gasteiger partial charge in [0.2, 0.25) is 0 Å². The van der Waals surface area contributed by atoms with E-state index >= 15 is 0 Å². The van der Waals surface area contributed by atoms with Crippen molar-refractivity contribution in [3.05, 3.63) is 11.1 Å². The van der Waals surface area contributed by atoms with E-state index in [1.54, 1.807) is 34.6 Å². The van der Waals surface area contributed by atoms with Gasteiger partial charge in [-0.05, 0) is 30.9 Å². The summed E-state index contributed by atoms with van der Waals surface area (Å²) < 4.78 is 5.49. The second-order valence-corrected chi connectivity index (χ2v) is 10.2. The van der Waals surface area contributed by atoms with Gasteiger partial charge in [-0.1, -0.05) is 20.8 Å². The van der Waals surface area contributed by atoms with Gasteiger partial charge in [0.15, 0.2) is 5.78 Å². The first kappa shape index (κ1) is 24.3. The summed E-state index contributed by atoms with van der Waals surface area (Å²) in [5.74, 6) is -2.05. The van der Waals surface area contributed by atoms with Crippen LogP contribution < -0.4 is 0 Å². The van der Waals surface area contributed by atoms with E-state index in [1.165, 1.54) is 0 Å². The van der Waals surface area contributed by atoms with Gasteiger partial charge in [0, 0.05) is 68.2 Å². The molecule has 2 saturated carbocycles. The summed E-state index contributed by atoms with van der Waals surface area (Å²) in [6, 6.07) is 0. The number of carbonyl (C=O) groups is 1. The first-order valence-corrected chi connectivity index (χ1v) is 10.1. The Balaban J connectivity index is 0.00000240. The number of hydrogen-bond donors (Lipinski definition) is 5. The molecule has 4 aliphatic rings.